The summed E-state index contributed by atoms with van der Waals surface area (Å²) in [6.45, 7) is 4.70. The Kier molecular flexibility index (Phi) is 4.94. The van der Waals surface area contributed by atoms with Crippen LogP contribution in [0.25, 0.3) is 0 Å². The summed E-state index contributed by atoms with van der Waals surface area (Å²) in [5.74, 6) is -2.37. The molecule has 0 aliphatic carbocycles. The van der Waals surface area contributed by atoms with Crippen molar-refractivity contribution in [3.8, 4) is 0 Å². The fourth-order valence-corrected chi connectivity index (χ4v) is 1.11. The molecular formula is C10H18N2O4. The monoisotopic (exact) mass is 230 g/mol. The van der Waals surface area contributed by atoms with Gasteiger partial charge in [-0.3, -0.25) is 14.4 Å². The number of hydrogen-bond donors (Lipinski definition) is 3. The van der Waals surface area contributed by atoms with Gasteiger partial charge in [0.2, 0.25) is 11.8 Å². The molecule has 1 unspecified atom stereocenters. The van der Waals surface area contributed by atoms with E-state index in [0.717, 1.165) is 0 Å². The van der Waals surface area contributed by atoms with E-state index >= 15 is 0 Å². The Morgan fingerprint density at radius 2 is 1.88 bits per heavy atom. The van der Waals surface area contributed by atoms with Crippen LogP contribution in [0.4, 0.5) is 0 Å². The zero-order chi connectivity index (χ0) is 12.9. The van der Waals surface area contributed by atoms with Crippen LogP contribution < -0.4 is 11.1 Å². The van der Waals surface area contributed by atoms with Crippen molar-refractivity contribution >= 4 is 17.8 Å². The topological polar surface area (TPSA) is 109 Å². The molecule has 0 spiro atoms. The van der Waals surface area contributed by atoms with Gasteiger partial charge in [0, 0.05) is 6.42 Å². The molecule has 0 fully saturated rings. The number of nitrogens with two attached hydrogens (primary N) is 1. The average molecular weight is 230 g/mol. The van der Waals surface area contributed by atoms with Crippen LogP contribution in [-0.4, -0.2) is 29.4 Å². The summed E-state index contributed by atoms with van der Waals surface area (Å²) in [6.07, 6.45) is -0.173. The number of carbonyl (C=O) groups is 3. The van der Waals surface area contributed by atoms with E-state index in [0.29, 0.717) is 0 Å². The second-order valence-corrected chi connectivity index (χ2v) is 4.30. The van der Waals surface area contributed by atoms with E-state index < -0.39 is 23.2 Å². The van der Waals surface area contributed by atoms with Crippen LogP contribution in [-0.2, 0) is 14.4 Å². The molecule has 4 N–H and O–H groups in total. The minimum absolute atomic E-state index is 0.173. The summed E-state index contributed by atoms with van der Waals surface area (Å²) in [4.78, 5) is 32.9. The maximum absolute atomic E-state index is 11.4. The number of hydrogen-bond acceptors (Lipinski definition) is 3. The van der Waals surface area contributed by atoms with Crippen molar-refractivity contribution < 1.29 is 19.5 Å². The first-order chi connectivity index (χ1) is 7.20. The second-order valence-electron chi connectivity index (χ2n) is 4.30. The first-order valence-corrected chi connectivity index (χ1v) is 4.98. The molecular weight excluding hydrogens is 212 g/mol. The molecule has 0 heterocycles. The van der Waals surface area contributed by atoms with Gasteiger partial charge >= 0.3 is 5.97 Å². The van der Waals surface area contributed by atoms with Crippen molar-refractivity contribution in [2.75, 3.05) is 6.54 Å². The number of carboxylic acid groups (broad SMARTS) is 1. The van der Waals surface area contributed by atoms with Gasteiger partial charge < -0.3 is 16.2 Å². The van der Waals surface area contributed by atoms with Crippen molar-refractivity contribution in [3.63, 3.8) is 0 Å². The molecule has 2 amide bonds. The number of carbonyl (C=O) groups excluding carboxylic acids is 2. The maximum Gasteiger partial charge on any atom is 0.310 e. The number of rotatable bonds is 6. The Hall–Kier alpha value is -1.59. The van der Waals surface area contributed by atoms with Gasteiger partial charge in [-0.2, -0.15) is 0 Å². The minimum Gasteiger partial charge on any atom is -0.481 e. The smallest absolute Gasteiger partial charge is 0.310 e. The molecule has 1 atom stereocenters. The molecule has 0 bridgehead atoms. The summed E-state index contributed by atoms with van der Waals surface area (Å²) >= 11 is 0. The van der Waals surface area contributed by atoms with Crippen molar-refractivity contribution in [1.82, 2.24) is 5.32 Å². The molecule has 92 valence electrons. The fourth-order valence-electron chi connectivity index (χ4n) is 1.11. The number of amides is 2. The number of carboxylic acids is 1. The lowest BCUT2D eigenvalue weighted by molar-refractivity contribution is -0.153. The van der Waals surface area contributed by atoms with Gasteiger partial charge in [-0.05, 0) is 12.8 Å². The van der Waals surface area contributed by atoms with E-state index in [1.54, 1.807) is 13.8 Å². The number of nitrogens with one attached hydrogen (secondary N) is 1. The SMILES string of the molecule is CC(C)C(C)(CC(=O)NCC(N)=O)C(=O)O. The molecule has 0 aliphatic heterocycles. The van der Waals surface area contributed by atoms with E-state index in [9.17, 15) is 14.4 Å². The molecule has 6 nitrogen and oxygen atoms in total. The van der Waals surface area contributed by atoms with Crippen molar-refractivity contribution in [3.05, 3.63) is 0 Å². The third-order valence-corrected chi connectivity index (χ3v) is 2.75. The predicted molar refractivity (Wildman–Crippen MR) is 57.4 cm³/mol. The summed E-state index contributed by atoms with van der Waals surface area (Å²) < 4.78 is 0. The number of primary amides is 1. The highest BCUT2D eigenvalue weighted by molar-refractivity contribution is 5.87. The number of aliphatic carboxylic acids is 1. The molecule has 0 aromatic rings. The molecule has 0 radical (unpaired) electrons. The fraction of sp³-hybridized carbons (Fsp3) is 0.700. The summed E-state index contributed by atoms with van der Waals surface area (Å²) in [5, 5.41) is 11.3. The van der Waals surface area contributed by atoms with Crippen LogP contribution in [0.2, 0.25) is 0 Å². The molecule has 0 aliphatic rings. The van der Waals surface area contributed by atoms with E-state index in [4.69, 9.17) is 10.8 Å². The normalized spacial score (nSPS) is 14.2. The van der Waals surface area contributed by atoms with Gasteiger partial charge in [-0.25, -0.2) is 0 Å². The second kappa shape index (κ2) is 5.48. The van der Waals surface area contributed by atoms with Crippen LogP contribution >= 0.6 is 0 Å². The van der Waals surface area contributed by atoms with Crippen LogP contribution in [0.5, 0.6) is 0 Å². The quantitative estimate of drug-likeness (QED) is 0.583. The Morgan fingerprint density at radius 1 is 1.38 bits per heavy atom. The third kappa shape index (κ3) is 3.88. The van der Waals surface area contributed by atoms with Gasteiger partial charge in [-0.15, -0.1) is 0 Å². The van der Waals surface area contributed by atoms with E-state index in [1.807, 2.05) is 0 Å². The lowest BCUT2D eigenvalue weighted by Crippen LogP contribution is -2.41. The predicted octanol–water partition coefficient (Wildman–Crippen LogP) is -0.275. The Labute approximate surface area is 94.2 Å². The molecule has 0 saturated heterocycles. The summed E-state index contributed by atoms with van der Waals surface area (Å²) in [7, 11) is 0. The highest BCUT2D eigenvalue weighted by Crippen LogP contribution is 2.31. The Bertz CT molecular complexity index is 301. The van der Waals surface area contributed by atoms with Crippen LogP contribution in [0.3, 0.4) is 0 Å². The van der Waals surface area contributed by atoms with Gasteiger partial charge in [0.1, 0.15) is 0 Å². The van der Waals surface area contributed by atoms with E-state index in [-0.39, 0.29) is 18.9 Å². The Balaban J connectivity index is 4.48. The lowest BCUT2D eigenvalue weighted by atomic mass is 9.76. The zero-order valence-corrected chi connectivity index (χ0v) is 9.74. The Morgan fingerprint density at radius 3 is 2.19 bits per heavy atom. The molecule has 0 rings (SSSR count). The molecule has 0 saturated carbocycles. The molecule has 6 heteroatoms. The largest absolute Gasteiger partial charge is 0.481 e. The van der Waals surface area contributed by atoms with Gasteiger partial charge in [0.05, 0.1) is 12.0 Å². The molecule has 0 aromatic heterocycles. The van der Waals surface area contributed by atoms with Gasteiger partial charge in [-0.1, -0.05) is 13.8 Å². The zero-order valence-electron chi connectivity index (χ0n) is 9.74. The average Bonchev–Trinajstić information content (AvgIpc) is 2.13. The maximum atomic E-state index is 11.4. The minimum atomic E-state index is -1.14. The third-order valence-electron chi connectivity index (χ3n) is 2.75. The highest BCUT2D eigenvalue weighted by atomic mass is 16.4. The first-order valence-electron chi connectivity index (χ1n) is 4.98. The lowest BCUT2D eigenvalue weighted by Gasteiger charge is -2.28. The van der Waals surface area contributed by atoms with Crippen molar-refractivity contribution in [2.24, 2.45) is 17.1 Å². The summed E-state index contributed by atoms with van der Waals surface area (Å²) in [5.41, 5.74) is 3.72. The molecule has 0 aromatic carbocycles. The highest BCUT2D eigenvalue weighted by Gasteiger charge is 2.38. The van der Waals surface area contributed by atoms with Gasteiger partial charge in [0.15, 0.2) is 0 Å². The van der Waals surface area contributed by atoms with E-state index in [2.05, 4.69) is 5.32 Å². The van der Waals surface area contributed by atoms with Crippen LogP contribution in [0.15, 0.2) is 0 Å². The summed E-state index contributed by atoms with van der Waals surface area (Å²) in [6, 6.07) is 0. The van der Waals surface area contributed by atoms with Crippen molar-refractivity contribution in [1.29, 1.82) is 0 Å². The van der Waals surface area contributed by atoms with Crippen LogP contribution in [0, 0.1) is 11.3 Å². The van der Waals surface area contributed by atoms with Crippen LogP contribution in [0.1, 0.15) is 27.2 Å². The first kappa shape index (κ1) is 14.4. The van der Waals surface area contributed by atoms with Gasteiger partial charge in [0.25, 0.3) is 0 Å². The standard InChI is InChI=1S/C10H18N2O4/c1-6(2)10(3,9(15)16)4-8(14)12-5-7(11)13/h6H,4-5H2,1-3H3,(H2,11,13)(H,12,14)(H,15,16). The molecule has 16 heavy (non-hydrogen) atoms. The van der Waals surface area contributed by atoms with Crippen molar-refractivity contribution in [2.45, 2.75) is 27.2 Å². The van der Waals surface area contributed by atoms with E-state index in [1.165, 1.54) is 6.92 Å².